The van der Waals surface area contributed by atoms with Gasteiger partial charge in [-0.05, 0) is 61.9 Å². The average Bonchev–Trinajstić information content (AvgIpc) is 3.07. The number of likely N-dealkylation sites (tertiary alicyclic amines) is 1. The van der Waals surface area contributed by atoms with Crippen molar-refractivity contribution >= 4 is 23.4 Å². The van der Waals surface area contributed by atoms with Crippen molar-refractivity contribution in [1.82, 2.24) is 15.5 Å². The van der Waals surface area contributed by atoms with Crippen molar-refractivity contribution in [3.05, 3.63) is 22.4 Å². The van der Waals surface area contributed by atoms with E-state index < -0.39 is 5.60 Å². The zero-order valence-electron chi connectivity index (χ0n) is 15.7. The third-order valence-corrected chi connectivity index (χ3v) is 4.72. The molecule has 25 heavy (non-hydrogen) atoms. The summed E-state index contributed by atoms with van der Waals surface area (Å²) in [5, 5.41) is 10.9. The molecule has 140 valence electrons. The van der Waals surface area contributed by atoms with Crippen LogP contribution in [-0.2, 0) is 11.3 Å². The van der Waals surface area contributed by atoms with Crippen molar-refractivity contribution in [2.45, 2.75) is 45.8 Å². The molecule has 1 atom stereocenters. The van der Waals surface area contributed by atoms with E-state index in [1.807, 2.05) is 25.7 Å². The van der Waals surface area contributed by atoms with E-state index in [-0.39, 0.29) is 6.09 Å². The van der Waals surface area contributed by atoms with Gasteiger partial charge < -0.3 is 20.3 Å². The van der Waals surface area contributed by atoms with Crippen molar-refractivity contribution in [3.63, 3.8) is 0 Å². The Labute approximate surface area is 154 Å². The fourth-order valence-electron chi connectivity index (χ4n) is 2.76. The maximum atomic E-state index is 12.2. The van der Waals surface area contributed by atoms with Crippen LogP contribution in [0, 0.1) is 5.92 Å². The minimum Gasteiger partial charge on any atom is -0.444 e. The Kier molecular flexibility index (Phi) is 7.11. The molecule has 0 aromatic carbocycles. The quantitative estimate of drug-likeness (QED) is 0.635. The predicted molar refractivity (Wildman–Crippen MR) is 103 cm³/mol. The van der Waals surface area contributed by atoms with Crippen LogP contribution >= 0.6 is 11.3 Å². The number of rotatable bonds is 4. The average molecular weight is 367 g/mol. The van der Waals surface area contributed by atoms with E-state index in [1.165, 1.54) is 5.56 Å². The van der Waals surface area contributed by atoms with Crippen LogP contribution in [0.4, 0.5) is 4.79 Å². The smallest absolute Gasteiger partial charge is 0.410 e. The fourth-order valence-corrected chi connectivity index (χ4v) is 3.43. The summed E-state index contributed by atoms with van der Waals surface area (Å²) >= 11 is 1.69. The van der Waals surface area contributed by atoms with Gasteiger partial charge in [-0.15, -0.1) is 0 Å². The number of nitrogens with one attached hydrogen (secondary N) is 2. The van der Waals surface area contributed by atoms with Crippen LogP contribution < -0.4 is 10.6 Å². The molecule has 1 aromatic heterocycles. The highest BCUT2D eigenvalue weighted by atomic mass is 32.1. The molecule has 0 radical (unpaired) electrons. The Morgan fingerprint density at radius 1 is 1.44 bits per heavy atom. The summed E-state index contributed by atoms with van der Waals surface area (Å²) in [6.45, 7) is 8.76. The zero-order valence-corrected chi connectivity index (χ0v) is 16.5. The number of nitrogens with zero attached hydrogens (tertiary/aromatic N) is 2. The lowest BCUT2D eigenvalue weighted by Gasteiger charge is -2.34. The second-order valence-corrected chi connectivity index (χ2v) is 8.15. The molecule has 1 fully saturated rings. The fraction of sp³-hybridized carbons (Fsp3) is 0.667. The van der Waals surface area contributed by atoms with Gasteiger partial charge in [0.25, 0.3) is 0 Å². The van der Waals surface area contributed by atoms with Gasteiger partial charge in [0, 0.05) is 33.2 Å². The maximum Gasteiger partial charge on any atom is 0.410 e. The number of amides is 1. The molecule has 1 saturated heterocycles. The molecule has 1 unspecified atom stereocenters. The molecule has 0 saturated carbocycles. The van der Waals surface area contributed by atoms with Gasteiger partial charge in [0.2, 0.25) is 0 Å². The van der Waals surface area contributed by atoms with Gasteiger partial charge in [-0.3, -0.25) is 4.99 Å². The van der Waals surface area contributed by atoms with Gasteiger partial charge in [-0.25, -0.2) is 4.79 Å². The van der Waals surface area contributed by atoms with Crippen LogP contribution in [0.25, 0.3) is 0 Å². The minimum atomic E-state index is -0.449. The summed E-state index contributed by atoms with van der Waals surface area (Å²) in [4.78, 5) is 18.3. The second kappa shape index (κ2) is 9.08. The maximum absolute atomic E-state index is 12.2. The van der Waals surface area contributed by atoms with E-state index >= 15 is 0 Å². The topological polar surface area (TPSA) is 66.0 Å². The summed E-state index contributed by atoms with van der Waals surface area (Å²) in [5.41, 5.74) is 0.803. The van der Waals surface area contributed by atoms with E-state index in [1.54, 1.807) is 18.4 Å². The van der Waals surface area contributed by atoms with Gasteiger partial charge in [0.15, 0.2) is 5.96 Å². The molecule has 1 amide bonds. The molecule has 1 aromatic rings. The molecular formula is C18H30N4O2S. The first-order valence-corrected chi connectivity index (χ1v) is 9.75. The van der Waals surface area contributed by atoms with E-state index in [0.29, 0.717) is 5.92 Å². The van der Waals surface area contributed by atoms with Gasteiger partial charge in [-0.1, -0.05) is 0 Å². The molecule has 0 aliphatic carbocycles. The lowest BCUT2D eigenvalue weighted by atomic mass is 9.98. The first kappa shape index (κ1) is 19.6. The number of hydrogen-bond donors (Lipinski definition) is 2. The Balaban J connectivity index is 1.76. The molecule has 2 heterocycles. The number of thiophene rings is 1. The molecule has 1 aliphatic rings. The van der Waals surface area contributed by atoms with Gasteiger partial charge in [0.05, 0.1) is 0 Å². The Hall–Kier alpha value is -1.76. The highest BCUT2D eigenvalue weighted by Gasteiger charge is 2.27. The molecule has 2 rings (SSSR count). The first-order chi connectivity index (χ1) is 11.9. The number of guanidine groups is 1. The molecule has 2 N–H and O–H groups in total. The van der Waals surface area contributed by atoms with Crippen molar-refractivity contribution < 1.29 is 9.53 Å². The molecular weight excluding hydrogens is 336 g/mol. The Bertz CT molecular complexity index is 566. The van der Waals surface area contributed by atoms with Crippen molar-refractivity contribution in [1.29, 1.82) is 0 Å². The largest absolute Gasteiger partial charge is 0.444 e. The summed E-state index contributed by atoms with van der Waals surface area (Å²) < 4.78 is 5.48. The van der Waals surface area contributed by atoms with E-state index in [0.717, 1.165) is 45.0 Å². The van der Waals surface area contributed by atoms with Crippen molar-refractivity contribution in [2.24, 2.45) is 10.9 Å². The lowest BCUT2D eigenvalue weighted by molar-refractivity contribution is 0.0168. The number of hydrogen-bond acceptors (Lipinski definition) is 4. The van der Waals surface area contributed by atoms with Crippen molar-refractivity contribution in [2.75, 3.05) is 26.7 Å². The van der Waals surface area contributed by atoms with Crippen LogP contribution in [-0.4, -0.2) is 49.2 Å². The van der Waals surface area contributed by atoms with Crippen LogP contribution in [0.15, 0.2) is 21.8 Å². The van der Waals surface area contributed by atoms with E-state index in [9.17, 15) is 4.79 Å². The first-order valence-electron chi connectivity index (χ1n) is 8.81. The number of aliphatic imine (C=N–C) groups is 1. The second-order valence-electron chi connectivity index (χ2n) is 7.37. The molecule has 1 aliphatic heterocycles. The number of carbonyl (C=O) groups excluding carboxylic acids is 1. The van der Waals surface area contributed by atoms with Crippen LogP contribution in [0.1, 0.15) is 39.2 Å². The summed E-state index contributed by atoms with van der Waals surface area (Å²) in [6, 6.07) is 2.10. The van der Waals surface area contributed by atoms with Crippen LogP contribution in [0.2, 0.25) is 0 Å². The minimum absolute atomic E-state index is 0.211. The number of piperidine rings is 1. The number of carbonyl (C=O) groups is 1. The standard InChI is InChI=1S/C18H30N4O2S/c1-18(2,3)24-17(23)22-8-5-6-14(12-22)10-20-16(19-4)21-11-15-7-9-25-13-15/h7,9,13-14H,5-6,8,10-12H2,1-4H3,(H2,19,20,21). The predicted octanol–water partition coefficient (Wildman–Crippen LogP) is 3.06. The monoisotopic (exact) mass is 366 g/mol. The van der Waals surface area contributed by atoms with Gasteiger partial charge in [-0.2, -0.15) is 11.3 Å². The third kappa shape index (κ3) is 6.94. The summed E-state index contributed by atoms with van der Waals surface area (Å²) in [7, 11) is 1.77. The van der Waals surface area contributed by atoms with Crippen molar-refractivity contribution in [3.8, 4) is 0 Å². The highest BCUT2D eigenvalue weighted by molar-refractivity contribution is 7.07. The SMILES string of the molecule is CN=C(NCc1ccsc1)NCC1CCCN(C(=O)OC(C)(C)C)C1. The summed E-state index contributed by atoms with van der Waals surface area (Å²) in [6.07, 6.45) is 1.90. The number of ether oxygens (including phenoxy) is 1. The zero-order chi connectivity index (χ0) is 18.3. The molecule has 7 heteroatoms. The Morgan fingerprint density at radius 2 is 2.24 bits per heavy atom. The summed E-state index contributed by atoms with van der Waals surface area (Å²) in [5.74, 6) is 1.20. The van der Waals surface area contributed by atoms with E-state index in [4.69, 9.17) is 4.74 Å². The molecule has 6 nitrogen and oxygen atoms in total. The lowest BCUT2D eigenvalue weighted by Crippen LogP contribution is -2.47. The molecule has 0 spiro atoms. The van der Waals surface area contributed by atoms with E-state index in [2.05, 4.69) is 32.5 Å². The normalized spacial score (nSPS) is 18.8. The van der Waals surface area contributed by atoms with Crippen LogP contribution in [0.3, 0.4) is 0 Å². The highest BCUT2D eigenvalue weighted by Crippen LogP contribution is 2.18. The van der Waals surface area contributed by atoms with Gasteiger partial charge >= 0.3 is 6.09 Å². The van der Waals surface area contributed by atoms with Crippen LogP contribution in [0.5, 0.6) is 0 Å². The third-order valence-electron chi connectivity index (χ3n) is 3.99. The molecule has 0 bridgehead atoms. The Morgan fingerprint density at radius 3 is 2.88 bits per heavy atom. The van der Waals surface area contributed by atoms with Gasteiger partial charge in [0.1, 0.15) is 5.60 Å².